The zero-order chi connectivity index (χ0) is 12.5. The molecule has 0 fully saturated rings. The Bertz CT molecular complexity index is 698. The van der Waals surface area contributed by atoms with Gasteiger partial charge in [0.15, 0.2) is 0 Å². The van der Waals surface area contributed by atoms with Gasteiger partial charge in [0.2, 0.25) is 0 Å². The maximum absolute atomic E-state index is 5.65. The van der Waals surface area contributed by atoms with E-state index in [2.05, 4.69) is 30.2 Å². The molecule has 0 aliphatic rings. The maximum Gasteiger partial charge on any atom is 0.137 e. The second kappa shape index (κ2) is 4.27. The quantitative estimate of drug-likeness (QED) is 0.744. The van der Waals surface area contributed by atoms with Gasteiger partial charge in [-0.25, -0.2) is 4.98 Å². The Morgan fingerprint density at radius 3 is 2.72 bits per heavy atom. The number of pyridine rings is 1. The summed E-state index contributed by atoms with van der Waals surface area (Å²) >= 11 is 0. The van der Waals surface area contributed by atoms with Gasteiger partial charge in [0.25, 0.3) is 0 Å². The first-order valence-electron chi connectivity index (χ1n) is 6.01. The van der Waals surface area contributed by atoms with Crippen molar-refractivity contribution in [2.45, 2.75) is 13.5 Å². The Kier molecular flexibility index (Phi) is 2.61. The average Bonchev–Trinajstić information content (AvgIpc) is 2.81. The molecule has 0 saturated heterocycles. The van der Waals surface area contributed by atoms with E-state index in [1.54, 1.807) is 0 Å². The predicted octanol–water partition coefficient (Wildman–Crippen LogP) is 2.77. The molecule has 0 atom stereocenters. The van der Waals surface area contributed by atoms with E-state index in [0.717, 1.165) is 16.9 Å². The van der Waals surface area contributed by atoms with Crippen LogP contribution in [-0.2, 0) is 6.54 Å². The van der Waals surface area contributed by atoms with Crippen molar-refractivity contribution in [2.75, 3.05) is 0 Å². The Balaban J connectivity index is 2.17. The smallest absolute Gasteiger partial charge is 0.137 e. The summed E-state index contributed by atoms with van der Waals surface area (Å²) in [5, 5.41) is 0. The van der Waals surface area contributed by atoms with Gasteiger partial charge in [-0.1, -0.05) is 30.3 Å². The van der Waals surface area contributed by atoms with E-state index in [4.69, 9.17) is 5.73 Å². The summed E-state index contributed by atoms with van der Waals surface area (Å²) in [6.45, 7) is 2.65. The van der Waals surface area contributed by atoms with Crippen LogP contribution in [0, 0.1) is 6.92 Å². The van der Waals surface area contributed by atoms with E-state index in [0.29, 0.717) is 6.54 Å². The minimum absolute atomic E-state index is 0.549. The SMILES string of the molecule is Cc1ccccc1-c1cn2cc(CN)ccc2n1. The Morgan fingerprint density at radius 1 is 1.11 bits per heavy atom. The van der Waals surface area contributed by atoms with Crippen LogP contribution < -0.4 is 5.73 Å². The molecule has 18 heavy (non-hydrogen) atoms. The van der Waals surface area contributed by atoms with E-state index >= 15 is 0 Å². The molecule has 0 unspecified atom stereocenters. The molecule has 0 saturated carbocycles. The third kappa shape index (κ3) is 1.79. The van der Waals surface area contributed by atoms with E-state index in [1.165, 1.54) is 11.1 Å². The molecule has 1 aromatic carbocycles. The maximum atomic E-state index is 5.65. The third-order valence-corrected chi connectivity index (χ3v) is 3.17. The van der Waals surface area contributed by atoms with Crippen LogP contribution in [0.1, 0.15) is 11.1 Å². The van der Waals surface area contributed by atoms with Crippen LogP contribution in [0.5, 0.6) is 0 Å². The summed E-state index contributed by atoms with van der Waals surface area (Å²) in [6, 6.07) is 12.3. The molecule has 3 heteroatoms. The van der Waals surface area contributed by atoms with Crippen LogP contribution in [0.15, 0.2) is 48.8 Å². The van der Waals surface area contributed by atoms with Gasteiger partial charge in [0.05, 0.1) is 5.69 Å². The summed E-state index contributed by atoms with van der Waals surface area (Å²) in [6.07, 6.45) is 4.08. The van der Waals surface area contributed by atoms with Crippen molar-refractivity contribution in [3.63, 3.8) is 0 Å². The molecule has 90 valence electrons. The fourth-order valence-corrected chi connectivity index (χ4v) is 2.15. The van der Waals surface area contributed by atoms with E-state index in [1.807, 2.05) is 34.9 Å². The van der Waals surface area contributed by atoms with Crippen LogP contribution in [0.3, 0.4) is 0 Å². The molecule has 0 radical (unpaired) electrons. The monoisotopic (exact) mass is 237 g/mol. The average molecular weight is 237 g/mol. The number of fused-ring (bicyclic) bond motifs is 1. The van der Waals surface area contributed by atoms with Gasteiger partial charge < -0.3 is 10.1 Å². The lowest BCUT2D eigenvalue weighted by molar-refractivity contribution is 1.03. The van der Waals surface area contributed by atoms with Gasteiger partial charge in [-0.15, -0.1) is 0 Å². The Hall–Kier alpha value is -2.13. The van der Waals surface area contributed by atoms with E-state index < -0.39 is 0 Å². The first-order chi connectivity index (χ1) is 8.78. The molecule has 0 spiro atoms. The van der Waals surface area contributed by atoms with Crippen LogP contribution in [0.4, 0.5) is 0 Å². The zero-order valence-electron chi connectivity index (χ0n) is 10.3. The molecule has 3 nitrogen and oxygen atoms in total. The topological polar surface area (TPSA) is 43.3 Å². The van der Waals surface area contributed by atoms with Crippen molar-refractivity contribution in [3.8, 4) is 11.3 Å². The van der Waals surface area contributed by atoms with Crippen LogP contribution in [-0.4, -0.2) is 9.38 Å². The highest BCUT2D eigenvalue weighted by Gasteiger charge is 2.06. The number of benzene rings is 1. The van der Waals surface area contributed by atoms with Crippen molar-refractivity contribution in [1.82, 2.24) is 9.38 Å². The molecule has 0 aliphatic carbocycles. The summed E-state index contributed by atoms with van der Waals surface area (Å²) < 4.78 is 2.03. The van der Waals surface area contributed by atoms with Crippen LogP contribution in [0.2, 0.25) is 0 Å². The fraction of sp³-hybridized carbons (Fsp3) is 0.133. The van der Waals surface area contributed by atoms with Crippen LogP contribution in [0.25, 0.3) is 16.9 Å². The number of rotatable bonds is 2. The summed E-state index contributed by atoms with van der Waals surface area (Å²) in [7, 11) is 0. The summed E-state index contributed by atoms with van der Waals surface area (Å²) in [5.41, 5.74) is 11.1. The number of aromatic nitrogens is 2. The number of hydrogen-bond donors (Lipinski definition) is 1. The minimum Gasteiger partial charge on any atom is -0.326 e. The molecule has 0 bridgehead atoms. The second-order valence-electron chi connectivity index (χ2n) is 4.45. The van der Waals surface area contributed by atoms with E-state index in [9.17, 15) is 0 Å². The highest BCUT2D eigenvalue weighted by molar-refractivity contribution is 5.66. The molecule has 3 aromatic rings. The number of aryl methyl sites for hydroxylation is 1. The Labute approximate surface area is 106 Å². The summed E-state index contributed by atoms with van der Waals surface area (Å²) in [4.78, 5) is 4.64. The number of hydrogen-bond acceptors (Lipinski definition) is 2. The number of nitrogens with zero attached hydrogens (tertiary/aromatic N) is 2. The number of imidazole rings is 1. The highest BCUT2D eigenvalue weighted by Crippen LogP contribution is 2.22. The van der Waals surface area contributed by atoms with Gasteiger partial charge in [-0.3, -0.25) is 0 Å². The van der Waals surface area contributed by atoms with Crippen molar-refractivity contribution >= 4 is 5.65 Å². The first-order valence-corrected chi connectivity index (χ1v) is 6.01. The molecule has 2 N–H and O–H groups in total. The molecular formula is C15H15N3. The zero-order valence-corrected chi connectivity index (χ0v) is 10.3. The summed E-state index contributed by atoms with van der Waals surface area (Å²) in [5.74, 6) is 0. The number of nitrogens with two attached hydrogens (primary N) is 1. The van der Waals surface area contributed by atoms with Crippen molar-refractivity contribution in [2.24, 2.45) is 5.73 Å². The van der Waals surface area contributed by atoms with Gasteiger partial charge >= 0.3 is 0 Å². The molecule has 0 aliphatic heterocycles. The predicted molar refractivity (Wildman–Crippen MR) is 73.3 cm³/mol. The Morgan fingerprint density at radius 2 is 1.94 bits per heavy atom. The highest BCUT2D eigenvalue weighted by atomic mass is 15.0. The fourth-order valence-electron chi connectivity index (χ4n) is 2.15. The van der Waals surface area contributed by atoms with Crippen molar-refractivity contribution in [3.05, 3.63) is 59.9 Å². The van der Waals surface area contributed by atoms with Crippen LogP contribution >= 0.6 is 0 Å². The van der Waals surface area contributed by atoms with Crippen molar-refractivity contribution < 1.29 is 0 Å². The third-order valence-electron chi connectivity index (χ3n) is 3.17. The lowest BCUT2D eigenvalue weighted by Crippen LogP contribution is -1.97. The van der Waals surface area contributed by atoms with Gasteiger partial charge in [0.1, 0.15) is 5.65 Å². The lowest BCUT2D eigenvalue weighted by Gasteiger charge is -1.99. The van der Waals surface area contributed by atoms with E-state index in [-0.39, 0.29) is 0 Å². The lowest BCUT2D eigenvalue weighted by atomic mass is 10.1. The normalized spacial score (nSPS) is 11.0. The molecule has 3 rings (SSSR count). The van der Waals surface area contributed by atoms with Gasteiger partial charge in [-0.05, 0) is 24.1 Å². The first kappa shape index (κ1) is 11.0. The van der Waals surface area contributed by atoms with Gasteiger partial charge in [-0.2, -0.15) is 0 Å². The molecular weight excluding hydrogens is 222 g/mol. The minimum atomic E-state index is 0.549. The molecule has 0 amide bonds. The standard InChI is InChI=1S/C15H15N3/c1-11-4-2-3-5-13(11)14-10-18-9-12(8-16)6-7-15(18)17-14/h2-7,9-10H,8,16H2,1H3. The van der Waals surface area contributed by atoms with Gasteiger partial charge in [0, 0.05) is 24.5 Å². The molecule has 2 heterocycles. The molecule has 2 aromatic heterocycles. The van der Waals surface area contributed by atoms with Crippen molar-refractivity contribution in [1.29, 1.82) is 0 Å². The largest absolute Gasteiger partial charge is 0.326 e. The second-order valence-corrected chi connectivity index (χ2v) is 4.45.